The minimum Gasteiger partial charge on any atom is -0.482 e. The van der Waals surface area contributed by atoms with Gasteiger partial charge in [-0.05, 0) is 29.8 Å². The van der Waals surface area contributed by atoms with Crippen LogP contribution in [-0.2, 0) is 10.5 Å². The van der Waals surface area contributed by atoms with Gasteiger partial charge in [-0.15, -0.1) is 0 Å². The standard InChI is InChI=1S/C17H17Cl2NO2S/c18-14-5-3-4-13(10-14)12-23-9-8-20-17(21)11-22-16-7-2-1-6-15(16)19/h1-7,10H,8-9,11-12H2,(H,20,21). The summed E-state index contributed by atoms with van der Waals surface area (Å²) >= 11 is 13.6. The van der Waals surface area contributed by atoms with E-state index < -0.39 is 0 Å². The molecule has 0 saturated carbocycles. The summed E-state index contributed by atoms with van der Waals surface area (Å²) in [6, 6.07) is 14.9. The molecule has 0 fully saturated rings. The topological polar surface area (TPSA) is 38.3 Å². The number of amides is 1. The summed E-state index contributed by atoms with van der Waals surface area (Å²) in [7, 11) is 0. The summed E-state index contributed by atoms with van der Waals surface area (Å²) in [5.74, 6) is 2.05. The molecule has 6 heteroatoms. The van der Waals surface area contributed by atoms with Gasteiger partial charge in [0.05, 0.1) is 5.02 Å². The average Bonchev–Trinajstić information content (AvgIpc) is 2.54. The second-order valence-electron chi connectivity index (χ2n) is 4.75. The molecular weight excluding hydrogens is 353 g/mol. The monoisotopic (exact) mass is 369 g/mol. The van der Waals surface area contributed by atoms with Crippen LogP contribution in [0.15, 0.2) is 48.5 Å². The van der Waals surface area contributed by atoms with Gasteiger partial charge in [0.2, 0.25) is 0 Å². The highest BCUT2D eigenvalue weighted by atomic mass is 35.5. The van der Waals surface area contributed by atoms with Gasteiger partial charge in [0.25, 0.3) is 5.91 Å². The van der Waals surface area contributed by atoms with E-state index in [9.17, 15) is 4.79 Å². The Hall–Kier alpha value is -1.36. The molecule has 2 aromatic rings. The van der Waals surface area contributed by atoms with E-state index in [4.69, 9.17) is 27.9 Å². The highest BCUT2D eigenvalue weighted by Gasteiger charge is 2.04. The Balaban J connectivity index is 1.59. The maximum absolute atomic E-state index is 11.7. The maximum atomic E-state index is 11.7. The molecule has 0 aromatic heterocycles. The van der Waals surface area contributed by atoms with Gasteiger partial charge >= 0.3 is 0 Å². The molecule has 0 atom stereocenters. The number of carbonyl (C=O) groups is 1. The molecule has 0 aliphatic heterocycles. The zero-order valence-electron chi connectivity index (χ0n) is 12.4. The SMILES string of the molecule is O=C(COc1ccccc1Cl)NCCSCc1cccc(Cl)c1. The number of carbonyl (C=O) groups excluding carboxylic acids is 1. The third-order valence-electron chi connectivity index (χ3n) is 2.92. The van der Waals surface area contributed by atoms with Gasteiger partial charge in [-0.1, -0.05) is 47.5 Å². The van der Waals surface area contributed by atoms with Crippen LogP contribution in [0.1, 0.15) is 5.56 Å². The first-order chi connectivity index (χ1) is 11.1. The van der Waals surface area contributed by atoms with Gasteiger partial charge in [-0.2, -0.15) is 11.8 Å². The van der Waals surface area contributed by atoms with Crippen LogP contribution in [0.5, 0.6) is 5.75 Å². The third-order valence-corrected chi connectivity index (χ3v) is 4.50. The lowest BCUT2D eigenvalue weighted by Gasteiger charge is -2.08. The minimum absolute atomic E-state index is 0.0390. The molecule has 122 valence electrons. The quantitative estimate of drug-likeness (QED) is 0.699. The van der Waals surface area contributed by atoms with E-state index in [1.54, 1.807) is 23.9 Å². The summed E-state index contributed by atoms with van der Waals surface area (Å²) in [6.07, 6.45) is 0. The smallest absolute Gasteiger partial charge is 0.257 e. The number of hydrogen-bond donors (Lipinski definition) is 1. The molecule has 1 amide bonds. The van der Waals surface area contributed by atoms with Crippen LogP contribution >= 0.6 is 35.0 Å². The maximum Gasteiger partial charge on any atom is 0.257 e. The fraction of sp³-hybridized carbons (Fsp3) is 0.235. The predicted octanol–water partition coefficient (Wildman–Crippen LogP) is 4.42. The van der Waals surface area contributed by atoms with Crippen LogP contribution in [-0.4, -0.2) is 24.8 Å². The summed E-state index contributed by atoms with van der Waals surface area (Å²) in [4.78, 5) is 11.7. The number of halogens is 2. The first-order valence-electron chi connectivity index (χ1n) is 7.11. The van der Waals surface area contributed by atoms with Crippen LogP contribution in [0.4, 0.5) is 0 Å². The average molecular weight is 370 g/mol. The molecule has 0 spiro atoms. The van der Waals surface area contributed by atoms with Crippen LogP contribution in [0.3, 0.4) is 0 Å². The molecule has 0 saturated heterocycles. The van der Waals surface area contributed by atoms with E-state index in [1.165, 1.54) is 5.56 Å². The fourth-order valence-corrected chi connectivity index (χ4v) is 3.04. The first-order valence-corrected chi connectivity index (χ1v) is 9.02. The number of hydrogen-bond acceptors (Lipinski definition) is 3. The van der Waals surface area contributed by atoms with Crippen LogP contribution < -0.4 is 10.1 Å². The molecule has 0 aliphatic carbocycles. The lowest BCUT2D eigenvalue weighted by atomic mass is 10.2. The molecule has 0 aliphatic rings. The van der Waals surface area contributed by atoms with E-state index in [1.807, 2.05) is 36.4 Å². The Morgan fingerprint density at radius 3 is 2.74 bits per heavy atom. The minimum atomic E-state index is -0.159. The van der Waals surface area contributed by atoms with E-state index in [2.05, 4.69) is 5.32 Å². The van der Waals surface area contributed by atoms with Crippen LogP contribution in [0, 0.1) is 0 Å². The lowest BCUT2D eigenvalue weighted by Crippen LogP contribution is -2.30. The second-order valence-corrected chi connectivity index (χ2v) is 6.70. The van der Waals surface area contributed by atoms with Crippen molar-refractivity contribution in [2.24, 2.45) is 0 Å². The molecule has 0 bridgehead atoms. The zero-order valence-corrected chi connectivity index (χ0v) is 14.8. The molecule has 2 aromatic carbocycles. The summed E-state index contributed by atoms with van der Waals surface area (Å²) in [5.41, 5.74) is 1.18. The Labute approximate surface area is 150 Å². The van der Waals surface area contributed by atoms with Gasteiger partial charge < -0.3 is 10.1 Å². The molecular formula is C17H17Cl2NO2S. The number of benzene rings is 2. The Morgan fingerprint density at radius 2 is 1.96 bits per heavy atom. The first kappa shape index (κ1) is 18.0. The van der Waals surface area contributed by atoms with Crippen molar-refractivity contribution < 1.29 is 9.53 Å². The second kappa shape index (κ2) is 9.71. The third kappa shape index (κ3) is 6.73. The van der Waals surface area contributed by atoms with Gasteiger partial charge in [0.15, 0.2) is 6.61 Å². The van der Waals surface area contributed by atoms with Crippen molar-refractivity contribution in [2.75, 3.05) is 18.9 Å². The van der Waals surface area contributed by atoms with Gasteiger partial charge in [-0.3, -0.25) is 4.79 Å². The van der Waals surface area contributed by atoms with Gasteiger partial charge in [0.1, 0.15) is 5.75 Å². The normalized spacial score (nSPS) is 10.3. The zero-order chi connectivity index (χ0) is 16.5. The van der Waals surface area contributed by atoms with Gasteiger partial charge in [0, 0.05) is 23.1 Å². The lowest BCUT2D eigenvalue weighted by molar-refractivity contribution is -0.122. The highest BCUT2D eigenvalue weighted by molar-refractivity contribution is 7.98. The van der Waals surface area contributed by atoms with Gasteiger partial charge in [-0.25, -0.2) is 0 Å². The number of para-hydroxylation sites is 1. The number of thioether (sulfide) groups is 1. The fourth-order valence-electron chi connectivity index (χ4n) is 1.84. The van der Waals surface area contributed by atoms with E-state index >= 15 is 0 Å². The Kier molecular flexibility index (Phi) is 7.59. The highest BCUT2D eigenvalue weighted by Crippen LogP contribution is 2.22. The van der Waals surface area contributed by atoms with Crippen molar-refractivity contribution in [1.29, 1.82) is 0 Å². The Bertz CT molecular complexity index is 652. The van der Waals surface area contributed by atoms with Crippen molar-refractivity contribution >= 4 is 40.9 Å². The molecule has 2 rings (SSSR count). The van der Waals surface area contributed by atoms with Crippen molar-refractivity contribution in [3.8, 4) is 5.75 Å². The molecule has 23 heavy (non-hydrogen) atoms. The molecule has 1 N–H and O–H groups in total. The molecule has 3 nitrogen and oxygen atoms in total. The summed E-state index contributed by atoms with van der Waals surface area (Å²) < 4.78 is 5.37. The number of rotatable bonds is 8. The summed E-state index contributed by atoms with van der Waals surface area (Å²) in [5, 5.41) is 4.06. The van der Waals surface area contributed by atoms with E-state index in [-0.39, 0.29) is 12.5 Å². The van der Waals surface area contributed by atoms with Crippen molar-refractivity contribution in [3.05, 3.63) is 64.1 Å². The Morgan fingerprint density at radius 1 is 1.13 bits per heavy atom. The van der Waals surface area contributed by atoms with Crippen LogP contribution in [0.2, 0.25) is 10.0 Å². The van der Waals surface area contributed by atoms with Crippen molar-refractivity contribution in [3.63, 3.8) is 0 Å². The molecule has 0 unspecified atom stereocenters. The number of ether oxygens (including phenoxy) is 1. The summed E-state index contributed by atoms with van der Waals surface area (Å²) in [6.45, 7) is 0.554. The molecule has 0 radical (unpaired) electrons. The predicted molar refractivity (Wildman–Crippen MR) is 97.6 cm³/mol. The molecule has 0 heterocycles. The largest absolute Gasteiger partial charge is 0.482 e. The van der Waals surface area contributed by atoms with E-state index in [0.717, 1.165) is 16.5 Å². The van der Waals surface area contributed by atoms with Crippen molar-refractivity contribution in [2.45, 2.75) is 5.75 Å². The number of nitrogens with one attached hydrogen (secondary N) is 1. The van der Waals surface area contributed by atoms with Crippen LogP contribution in [0.25, 0.3) is 0 Å². The van der Waals surface area contributed by atoms with E-state index in [0.29, 0.717) is 17.3 Å². The van der Waals surface area contributed by atoms with Crippen molar-refractivity contribution in [1.82, 2.24) is 5.32 Å².